The molecule has 1 atom stereocenters. The van der Waals surface area contributed by atoms with Crippen molar-refractivity contribution in [1.82, 2.24) is 10.2 Å². The number of rotatable bonds is 3. The number of benzene rings is 1. The second kappa shape index (κ2) is 4.80. The summed E-state index contributed by atoms with van der Waals surface area (Å²) in [7, 11) is 2.10. The number of likely N-dealkylation sites (N-methyl/N-ethyl adjacent to an activating group) is 1. The van der Waals surface area contributed by atoms with Gasteiger partial charge < -0.3 is 15.3 Å². The summed E-state index contributed by atoms with van der Waals surface area (Å²) in [6, 6.07) is 5.00. The molecule has 1 unspecified atom stereocenters. The number of phenols is 1. The van der Waals surface area contributed by atoms with E-state index in [4.69, 9.17) is 5.11 Å². The molecule has 0 bridgehead atoms. The van der Waals surface area contributed by atoms with Gasteiger partial charge in [-0.3, -0.25) is 0 Å². The molecule has 1 aromatic rings. The third kappa shape index (κ3) is 2.71. The Morgan fingerprint density at radius 1 is 1.56 bits per heavy atom. The van der Waals surface area contributed by atoms with E-state index in [2.05, 4.69) is 17.3 Å². The van der Waals surface area contributed by atoms with Crippen LogP contribution in [-0.2, 0) is 6.54 Å². The molecule has 0 spiro atoms. The maximum atomic E-state index is 13.1. The summed E-state index contributed by atoms with van der Waals surface area (Å²) < 4.78 is 13.1. The highest BCUT2D eigenvalue weighted by Crippen LogP contribution is 2.16. The van der Waals surface area contributed by atoms with Gasteiger partial charge in [-0.15, -0.1) is 0 Å². The van der Waals surface area contributed by atoms with Crippen molar-refractivity contribution in [1.29, 1.82) is 0 Å². The normalized spacial score (nSPS) is 21.5. The third-order valence-electron chi connectivity index (χ3n) is 3.00. The van der Waals surface area contributed by atoms with Gasteiger partial charge >= 0.3 is 0 Å². The second-order valence-corrected chi connectivity index (χ2v) is 4.41. The average molecular weight is 224 g/mol. The van der Waals surface area contributed by atoms with E-state index in [1.165, 1.54) is 12.1 Å². The molecule has 1 fully saturated rings. The number of hydrogen-bond donors (Lipinski definition) is 2. The molecule has 0 saturated carbocycles. The van der Waals surface area contributed by atoms with E-state index < -0.39 is 5.82 Å². The summed E-state index contributed by atoms with van der Waals surface area (Å²) in [5.41, 5.74) is 0.866. The fourth-order valence-corrected chi connectivity index (χ4v) is 2.02. The maximum Gasteiger partial charge on any atom is 0.165 e. The molecule has 0 aliphatic carbocycles. The van der Waals surface area contributed by atoms with Crippen LogP contribution in [0.3, 0.4) is 0 Å². The van der Waals surface area contributed by atoms with Crippen molar-refractivity contribution < 1.29 is 9.50 Å². The number of phenolic OH excluding ortho intramolecular Hbond substituents is 1. The van der Waals surface area contributed by atoms with Gasteiger partial charge in [0.1, 0.15) is 0 Å². The van der Waals surface area contributed by atoms with Gasteiger partial charge in [0.25, 0.3) is 0 Å². The molecular formula is C12H17FN2O. The Morgan fingerprint density at radius 2 is 2.38 bits per heavy atom. The van der Waals surface area contributed by atoms with E-state index in [0.29, 0.717) is 12.6 Å². The Labute approximate surface area is 94.9 Å². The average Bonchev–Trinajstić information content (AvgIpc) is 2.66. The minimum absolute atomic E-state index is 0.288. The largest absolute Gasteiger partial charge is 0.505 e. The molecule has 1 heterocycles. The van der Waals surface area contributed by atoms with Crippen LogP contribution >= 0.6 is 0 Å². The van der Waals surface area contributed by atoms with E-state index in [9.17, 15) is 4.39 Å². The molecule has 1 saturated heterocycles. The molecule has 16 heavy (non-hydrogen) atoms. The van der Waals surface area contributed by atoms with Gasteiger partial charge in [0.15, 0.2) is 11.6 Å². The van der Waals surface area contributed by atoms with Gasteiger partial charge in [-0.05, 0) is 37.7 Å². The predicted octanol–water partition coefficient (Wildman–Crippen LogP) is 1.32. The van der Waals surface area contributed by atoms with Crippen LogP contribution in [0.4, 0.5) is 4.39 Å². The monoisotopic (exact) mass is 224 g/mol. The highest BCUT2D eigenvalue weighted by atomic mass is 19.1. The van der Waals surface area contributed by atoms with Crippen LogP contribution in [-0.4, -0.2) is 36.2 Å². The summed E-state index contributed by atoms with van der Waals surface area (Å²) in [6.07, 6.45) is 1.14. The first-order valence-corrected chi connectivity index (χ1v) is 5.54. The summed E-state index contributed by atoms with van der Waals surface area (Å²) in [6.45, 7) is 2.80. The quantitative estimate of drug-likeness (QED) is 0.813. The van der Waals surface area contributed by atoms with Gasteiger partial charge in [0, 0.05) is 19.1 Å². The number of hydrogen-bond acceptors (Lipinski definition) is 3. The number of nitrogens with one attached hydrogen (secondary N) is 1. The van der Waals surface area contributed by atoms with E-state index in [0.717, 1.165) is 25.1 Å². The lowest BCUT2D eigenvalue weighted by atomic mass is 10.2. The molecule has 0 aromatic heterocycles. The van der Waals surface area contributed by atoms with Crippen molar-refractivity contribution in [2.45, 2.75) is 19.0 Å². The lowest BCUT2D eigenvalue weighted by molar-refractivity contribution is 0.397. The maximum absolute atomic E-state index is 13.1. The van der Waals surface area contributed by atoms with E-state index in [1.807, 2.05) is 0 Å². The van der Waals surface area contributed by atoms with Crippen LogP contribution in [0, 0.1) is 5.82 Å². The van der Waals surface area contributed by atoms with Crippen molar-refractivity contribution in [2.75, 3.05) is 20.1 Å². The van der Waals surface area contributed by atoms with Gasteiger partial charge in [0.2, 0.25) is 0 Å². The lowest BCUT2D eigenvalue weighted by Crippen LogP contribution is -2.30. The Kier molecular flexibility index (Phi) is 3.41. The molecule has 2 N–H and O–H groups in total. The number of halogens is 1. The van der Waals surface area contributed by atoms with Crippen molar-refractivity contribution >= 4 is 0 Å². The van der Waals surface area contributed by atoms with Crippen molar-refractivity contribution in [3.63, 3.8) is 0 Å². The second-order valence-electron chi connectivity index (χ2n) is 4.41. The smallest absolute Gasteiger partial charge is 0.165 e. The molecule has 0 amide bonds. The molecule has 2 rings (SSSR count). The molecular weight excluding hydrogens is 207 g/mol. The first kappa shape index (κ1) is 11.4. The molecule has 1 aliphatic rings. The van der Waals surface area contributed by atoms with Gasteiger partial charge in [-0.1, -0.05) is 6.07 Å². The van der Waals surface area contributed by atoms with Crippen molar-refractivity contribution in [3.8, 4) is 5.75 Å². The molecule has 88 valence electrons. The van der Waals surface area contributed by atoms with Crippen LogP contribution in [0.25, 0.3) is 0 Å². The summed E-state index contributed by atoms with van der Waals surface area (Å²) in [5, 5.41) is 12.4. The Balaban J connectivity index is 1.87. The fourth-order valence-electron chi connectivity index (χ4n) is 2.02. The zero-order valence-electron chi connectivity index (χ0n) is 9.41. The highest BCUT2D eigenvalue weighted by Gasteiger charge is 2.18. The molecule has 1 aliphatic heterocycles. The molecule has 1 aromatic carbocycles. The zero-order chi connectivity index (χ0) is 11.5. The first-order chi connectivity index (χ1) is 7.65. The number of likely N-dealkylation sites (tertiary alicyclic amines) is 1. The van der Waals surface area contributed by atoms with Crippen molar-refractivity contribution in [2.24, 2.45) is 0 Å². The first-order valence-electron chi connectivity index (χ1n) is 5.54. The fraction of sp³-hybridized carbons (Fsp3) is 0.500. The van der Waals surface area contributed by atoms with Crippen LogP contribution < -0.4 is 5.32 Å². The third-order valence-corrected chi connectivity index (χ3v) is 3.00. The predicted molar refractivity (Wildman–Crippen MR) is 60.8 cm³/mol. The van der Waals surface area contributed by atoms with Crippen LogP contribution in [0.15, 0.2) is 18.2 Å². The lowest BCUT2D eigenvalue weighted by Gasteiger charge is -2.12. The minimum atomic E-state index is -0.553. The number of aromatic hydroxyl groups is 1. The molecule has 0 radical (unpaired) electrons. The van der Waals surface area contributed by atoms with Gasteiger partial charge in [-0.2, -0.15) is 0 Å². The molecule has 3 nitrogen and oxygen atoms in total. The standard InChI is InChI=1S/C12H17FN2O/c1-15-5-4-10(8-15)14-7-9-2-3-12(16)11(13)6-9/h2-3,6,10,14,16H,4-5,7-8H2,1H3. The van der Waals surface area contributed by atoms with E-state index in [1.54, 1.807) is 6.07 Å². The zero-order valence-corrected chi connectivity index (χ0v) is 9.41. The summed E-state index contributed by atoms with van der Waals surface area (Å²) >= 11 is 0. The van der Waals surface area contributed by atoms with E-state index in [-0.39, 0.29) is 5.75 Å². The van der Waals surface area contributed by atoms with Crippen LogP contribution in [0.2, 0.25) is 0 Å². The highest BCUT2D eigenvalue weighted by molar-refractivity contribution is 5.27. The topological polar surface area (TPSA) is 35.5 Å². The van der Waals surface area contributed by atoms with Gasteiger partial charge in [0.05, 0.1) is 0 Å². The van der Waals surface area contributed by atoms with Crippen LogP contribution in [0.5, 0.6) is 5.75 Å². The Hall–Kier alpha value is -1.13. The van der Waals surface area contributed by atoms with Gasteiger partial charge in [-0.25, -0.2) is 4.39 Å². The SMILES string of the molecule is CN1CCC(NCc2ccc(O)c(F)c2)C1. The number of nitrogens with zero attached hydrogens (tertiary/aromatic N) is 1. The molecule has 4 heteroatoms. The van der Waals surface area contributed by atoms with E-state index >= 15 is 0 Å². The van der Waals surface area contributed by atoms with Crippen molar-refractivity contribution in [3.05, 3.63) is 29.6 Å². The summed E-state index contributed by atoms with van der Waals surface area (Å²) in [5.74, 6) is -0.841. The van der Waals surface area contributed by atoms with Crippen LogP contribution in [0.1, 0.15) is 12.0 Å². The summed E-state index contributed by atoms with van der Waals surface area (Å²) in [4.78, 5) is 2.27. The Morgan fingerprint density at radius 3 is 3.00 bits per heavy atom. The Bertz CT molecular complexity index is 370. The minimum Gasteiger partial charge on any atom is -0.505 e.